The fourth-order valence-electron chi connectivity index (χ4n) is 1.81. The quantitative estimate of drug-likeness (QED) is 0.890. The molecule has 0 bridgehead atoms. The van der Waals surface area contributed by atoms with E-state index in [4.69, 9.17) is 0 Å². The average Bonchev–Trinajstić information content (AvgIpc) is 2.45. The molecule has 0 aliphatic rings. The summed E-state index contributed by atoms with van der Waals surface area (Å²) < 4.78 is 13.8. The van der Waals surface area contributed by atoms with Crippen molar-refractivity contribution < 1.29 is 4.39 Å². The highest BCUT2D eigenvalue weighted by Crippen LogP contribution is 2.22. The minimum Gasteiger partial charge on any atom is -0.370 e. The molecule has 0 aliphatic heterocycles. The van der Waals surface area contributed by atoms with Gasteiger partial charge in [0.25, 0.3) is 0 Å². The van der Waals surface area contributed by atoms with Crippen molar-refractivity contribution in [3.8, 4) is 11.3 Å². The molecule has 3 nitrogen and oxygen atoms in total. The molecule has 1 aromatic carbocycles. The predicted octanol–water partition coefficient (Wildman–Crippen LogP) is 3.67. The van der Waals surface area contributed by atoms with E-state index in [1.54, 1.807) is 18.2 Å². The molecule has 0 aliphatic carbocycles. The van der Waals surface area contributed by atoms with Crippen molar-refractivity contribution in [2.45, 2.75) is 26.7 Å². The van der Waals surface area contributed by atoms with E-state index < -0.39 is 0 Å². The van der Waals surface area contributed by atoms with Gasteiger partial charge in [-0.1, -0.05) is 26.0 Å². The van der Waals surface area contributed by atoms with Crippen LogP contribution in [-0.4, -0.2) is 16.5 Å². The highest BCUT2D eigenvalue weighted by molar-refractivity contribution is 5.63. The number of rotatable bonds is 5. The summed E-state index contributed by atoms with van der Waals surface area (Å²) in [6.07, 6.45) is 1.74. The smallest absolute Gasteiger partial charge is 0.132 e. The number of nitrogens with zero attached hydrogens (tertiary/aromatic N) is 2. The van der Waals surface area contributed by atoms with Crippen LogP contribution >= 0.6 is 0 Å². The van der Waals surface area contributed by atoms with E-state index in [1.807, 2.05) is 13.0 Å². The van der Waals surface area contributed by atoms with Gasteiger partial charge >= 0.3 is 0 Å². The highest BCUT2D eigenvalue weighted by atomic mass is 19.1. The summed E-state index contributed by atoms with van der Waals surface area (Å²) in [7, 11) is 0. The van der Waals surface area contributed by atoms with Crippen LogP contribution in [-0.2, 0) is 6.42 Å². The van der Waals surface area contributed by atoms with Gasteiger partial charge in [-0.25, -0.2) is 14.4 Å². The van der Waals surface area contributed by atoms with Crippen LogP contribution in [0.3, 0.4) is 0 Å². The van der Waals surface area contributed by atoms with E-state index in [9.17, 15) is 4.39 Å². The fourth-order valence-corrected chi connectivity index (χ4v) is 1.81. The van der Waals surface area contributed by atoms with Gasteiger partial charge in [-0.2, -0.15) is 0 Å². The lowest BCUT2D eigenvalue weighted by Crippen LogP contribution is -2.06. The second-order valence-electron chi connectivity index (χ2n) is 4.31. The van der Waals surface area contributed by atoms with Gasteiger partial charge in [0, 0.05) is 24.6 Å². The molecule has 0 amide bonds. The van der Waals surface area contributed by atoms with Crippen molar-refractivity contribution in [1.29, 1.82) is 0 Å². The molecule has 0 atom stereocenters. The Labute approximate surface area is 112 Å². The summed E-state index contributed by atoms with van der Waals surface area (Å²) in [5, 5.41) is 3.23. The molecule has 0 fully saturated rings. The minimum atomic E-state index is -0.260. The van der Waals surface area contributed by atoms with Gasteiger partial charge in [0.1, 0.15) is 17.5 Å². The Morgan fingerprint density at radius 3 is 2.63 bits per heavy atom. The lowest BCUT2D eigenvalue weighted by atomic mass is 10.1. The molecule has 19 heavy (non-hydrogen) atoms. The largest absolute Gasteiger partial charge is 0.370 e. The van der Waals surface area contributed by atoms with E-state index in [1.165, 1.54) is 6.07 Å². The first-order valence-electron chi connectivity index (χ1n) is 6.61. The molecule has 0 unspecified atom stereocenters. The van der Waals surface area contributed by atoms with Crippen molar-refractivity contribution in [2.24, 2.45) is 0 Å². The first kappa shape index (κ1) is 13.5. The van der Waals surface area contributed by atoms with Gasteiger partial charge in [0.05, 0.1) is 5.69 Å². The van der Waals surface area contributed by atoms with Gasteiger partial charge in [0.15, 0.2) is 0 Å². The van der Waals surface area contributed by atoms with Crippen molar-refractivity contribution in [2.75, 3.05) is 11.9 Å². The van der Waals surface area contributed by atoms with Crippen molar-refractivity contribution in [3.05, 3.63) is 42.0 Å². The second-order valence-corrected chi connectivity index (χ2v) is 4.31. The zero-order valence-corrected chi connectivity index (χ0v) is 11.3. The Hall–Kier alpha value is -1.97. The summed E-state index contributed by atoms with van der Waals surface area (Å²) in [5.74, 6) is 1.22. The van der Waals surface area contributed by atoms with Crippen LogP contribution in [0.25, 0.3) is 11.3 Å². The normalized spacial score (nSPS) is 10.5. The number of aryl methyl sites for hydroxylation is 1. The van der Waals surface area contributed by atoms with Crippen LogP contribution in [0.2, 0.25) is 0 Å². The predicted molar refractivity (Wildman–Crippen MR) is 75.6 cm³/mol. The van der Waals surface area contributed by atoms with Crippen LogP contribution in [0, 0.1) is 5.82 Å². The zero-order chi connectivity index (χ0) is 13.7. The van der Waals surface area contributed by atoms with Crippen LogP contribution < -0.4 is 5.32 Å². The topological polar surface area (TPSA) is 37.8 Å². The molecule has 100 valence electrons. The number of anilines is 1. The van der Waals surface area contributed by atoms with Crippen molar-refractivity contribution in [1.82, 2.24) is 9.97 Å². The van der Waals surface area contributed by atoms with Gasteiger partial charge in [-0.15, -0.1) is 0 Å². The molecule has 2 aromatic rings. The maximum atomic E-state index is 13.8. The number of aromatic nitrogens is 2. The summed E-state index contributed by atoms with van der Waals surface area (Å²) in [6.45, 7) is 4.92. The number of nitrogens with one attached hydrogen (secondary N) is 1. The van der Waals surface area contributed by atoms with Gasteiger partial charge in [-0.3, -0.25) is 0 Å². The van der Waals surface area contributed by atoms with E-state index in [0.717, 1.165) is 31.0 Å². The Morgan fingerprint density at radius 1 is 1.16 bits per heavy atom. The standard InChI is InChI=1S/C15H18FN3/c1-3-9-17-15-10-13(18-14(4-2)19-15)11-7-5-6-8-12(11)16/h5-8,10H,3-4,9H2,1-2H3,(H,17,18,19). The highest BCUT2D eigenvalue weighted by Gasteiger charge is 2.09. The maximum absolute atomic E-state index is 13.8. The molecule has 0 spiro atoms. The van der Waals surface area contributed by atoms with Gasteiger partial charge < -0.3 is 5.32 Å². The Balaban J connectivity index is 2.42. The minimum absolute atomic E-state index is 0.260. The molecule has 0 saturated heterocycles. The van der Waals surface area contributed by atoms with Gasteiger partial charge in [0.2, 0.25) is 0 Å². The number of benzene rings is 1. The molecular formula is C15H18FN3. The summed E-state index contributed by atoms with van der Waals surface area (Å²) >= 11 is 0. The summed E-state index contributed by atoms with van der Waals surface area (Å²) in [6, 6.07) is 8.47. The van der Waals surface area contributed by atoms with E-state index in [2.05, 4.69) is 22.2 Å². The van der Waals surface area contributed by atoms with Crippen LogP contribution in [0.1, 0.15) is 26.1 Å². The third-order valence-electron chi connectivity index (χ3n) is 2.79. The van der Waals surface area contributed by atoms with E-state index in [-0.39, 0.29) is 5.82 Å². The van der Waals surface area contributed by atoms with Crippen molar-refractivity contribution in [3.63, 3.8) is 0 Å². The molecule has 0 saturated carbocycles. The SMILES string of the molecule is CCCNc1cc(-c2ccccc2F)nc(CC)n1. The second kappa shape index (κ2) is 6.27. The van der Waals surface area contributed by atoms with Crippen LogP contribution in [0.15, 0.2) is 30.3 Å². The molecule has 1 heterocycles. The maximum Gasteiger partial charge on any atom is 0.132 e. The average molecular weight is 259 g/mol. The van der Waals surface area contributed by atoms with Crippen molar-refractivity contribution >= 4 is 5.82 Å². The third kappa shape index (κ3) is 3.28. The Kier molecular flexibility index (Phi) is 4.44. The van der Waals surface area contributed by atoms with Crippen LogP contribution in [0.4, 0.5) is 10.2 Å². The first-order chi connectivity index (χ1) is 9.24. The number of hydrogen-bond acceptors (Lipinski definition) is 3. The van der Waals surface area contributed by atoms with E-state index in [0.29, 0.717) is 11.3 Å². The van der Waals surface area contributed by atoms with Gasteiger partial charge in [-0.05, 0) is 18.6 Å². The summed E-state index contributed by atoms with van der Waals surface area (Å²) in [5.41, 5.74) is 1.14. The molecule has 1 aromatic heterocycles. The number of halogens is 1. The lowest BCUT2D eigenvalue weighted by molar-refractivity contribution is 0.630. The zero-order valence-electron chi connectivity index (χ0n) is 11.3. The molecule has 1 N–H and O–H groups in total. The lowest BCUT2D eigenvalue weighted by Gasteiger charge is -2.09. The summed E-state index contributed by atoms with van der Waals surface area (Å²) in [4.78, 5) is 8.80. The van der Waals surface area contributed by atoms with E-state index >= 15 is 0 Å². The Bertz CT molecular complexity index is 555. The molecule has 0 radical (unpaired) electrons. The molecule has 2 rings (SSSR count). The molecular weight excluding hydrogens is 241 g/mol. The van der Waals surface area contributed by atoms with Crippen LogP contribution in [0.5, 0.6) is 0 Å². The fraction of sp³-hybridized carbons (Fsp3) is 0.333. The Morgan fingerprint density at radius 2 is 1.95 bits per heavy atom. The number of hydrogen-bond donors (Lipinski definition) is 1. The molecule has 4 heteroatoms. The monoisotopic (exact) mass is 259 g/mol. The third-order valence-corrected chi connectivity index (χ3v) is 2.79. The first-order valence-corrected chi connectivity index (χ1v) is 6.61.